The van der Waals surface area contributed by atoms with E-state index in [1.54, 1.807) is 16.7 Å². The smallest absolute Gasteiger partial charge is 0.322 e. The van der Waals surface area contributed by atoms with Gasteiger partial charge in [0.05, 0.1) is 5.56 Å². The van der Waals surface area contributed by atoms with E-state index in [9.17, 15) is 18.0 Å². The van der Waals surface area contributed by atoms with Gasteiger partial charge in [-0.2, -0.15) is 13.2 Å². The van der Waals surface area contributed by atoms with Gasteiger partial charge in [-0.05, 0) is 41.8 Å². The SMILES string of the molecule is CCc1ccc(C(=O)N2CCSC2c2ccc(C(F)(F)F)cc2)cc1. The molecular weight excluding hydrogens is 347 g/mol. The minimum absolute atomic E-state index is 0.0856. The number of rotatable bonds is 3. The summed E-state index contributed by atoms with van der Waals surface area (Å²) in [5.74, 6) is 0.683. The second-order valence-corrected chi connectivity index (χ2v) is 7.08. The molecule has 1 unspecified atom stereocenters. The molecule has 0 saturated carbocycles. The lowest BCUT2D eigenvalue weighted by molar-refractivity contribution is -0.137. The molecule has 1 fully saturated rings. The number of hydrogen-bond acceptors (Lipinski definition) is 2. The van der Waals surface area contributed by atoms with Crippen molar-refractivity contribution in [3.63, 3.8) is 0 Å². The number of nitrogens with zero attached hydrogens (tertiary/aromatic N) is 1. The molecule has 6 heteroatoms. The van der Waals surface area contributed by atoms with Crippen LogP contribution in [0, 0.1) is 0 Å². The van der Waals surface area contributed by atoms with Gasteiger partial charge in [0.1, 0.15) is 5.37 Å². The van der Waals surface area contributed by atoms with Crippen LogP contribution in [0.1, 0.15) is 39.3 Å². The normalized spacial score (nSPS) is 17.8. The van der Waals surface area contributed by atoms with Gasteiger partial charge in [-0.25, -0.2) is 0 Å². The first-order chi connectivity index (χ1) is 11.9. The molecular formula is C19H18F3NOS. The number of alkyl halides is 3. The molecule has 0 N–H and O–H groups in total. The lowest BCUT2D eigenvalue weighted by Gasteiger charge is -2.24. The third kappa shape index (κ3) is 3.84. The Morgan fingerprint density at radius 1 is 1.12 bits per heavy atom. The van der Waals surface area contributed by atoms with E-state index in [0.717, 1.165) is 29.9 Å². The summed E-state index contributed by atoms with van der Waals surface area (Å²) in [6.07, 6.45) is -3.44. The van der Waals surface area contributed by atoms with Gasteiger partial charge in [0.15, 0.2) is 0 Å². The van der Waals surface area contributed by atoms with Crippen molar-refractivity contribution in [3.8, 4) is 0 Å². The highest BCUT2D eigenvalue weighted by molar-refractivity contribution is 7.99. The number of hydrogen-bond donors (Lipinski definition) is 0. The van der Waals surface area contributed by atoms with Crippen molar-refractivity contribution in [1.82, 2.24) is 4.90 Å². The zero-order valence-electron chi connectivity index (χ0n) is 13.7. The van der Waals surface area contributed by atoms with Crippen LogP contribution in [0.15, 0.2) is 48.5 Å². The van der Waals surface area contributed by atoms with Gasteiger partial charge in [-0.15, -0.1) is 11.8 Å². The Labute approximate surface area is 149 Å². The maximum Gasteiger partial charge on any atom is 0.416 e. The van der Waals surface area contributed by atoms with Crippen molar-refractivity contribution in [2.75, 3.05) is 12.3 Å². The summed E-state index contributed by atoms with van der Waals surface area (Å²) in [5.41, 5.74) is 1.81. The molecule has 0 aromatic heterocycles. The third-order valence-electron chi connectivity index (χ3n) is 4.28. The van der Waals surface area contributed by atoms with Crippen LogP contribution in [0.5, 0.6) is 0 Å². The molecule has 3 rings (SSSR count). The number of aryl methyl sites for hydroxylation is 1. The van der Waals surface area contributed by atoms with Crippen LogP contribution < -0.4 is 0 Å². The Morgan fingerprint density at radius 2 is 1.76 bits per heavy atom. The Bertz CT molecular complexity index is 741. The Morgan fingerprint density at radius 3 is 2.32 bits per heavy atom. The van der Waals surface area contributed by atoms with Crippen molar-refractivity contribution >= 4 is 17.7 Å². The van der Waals surface area contributed by atoms with Crippen molar-refractivity contribution in [2.24, 2.45) is 0 Å². The summed E-state index contributed by atoms with van der Waals surface area (Å²) >= 11 is 1.57. The molecule has 0 spiro atoms. The number of halogens is 3. The summed E-state index contributed by atoms with van der Waals surface area (Å²) in [5, 5.41) is -0.249. The summed E-state index contributed by atoms with van der Waals surface area (Å²) in [4.78, 5) is 14.5. The monoisotopic (exact) mass is 365 g/mol. The molecule has 1 aliphatic rings. The average molecular weight is 365 g/mol. The lowest BCUT2D eigenvalue weighted by Crippen LogP contribution is -2.30. The number of amides is 1. The average Bonchev–Trinajstić information content (AvgIpc) is 3.10. The van der Waals surface area contributed by atoms with Crippen LogP contribution >= 0.6 is 11.8 Å². The van der Waals surface area contributed by atoms with Crippen molar-refractivity contribution in [2.45, 2.75) is 24.9 Å². The number of carbonyl (C=O) groups excluding carboxylic acids is 1. The Kier molecular flexibility index (Phi) is 5.08. The first kappa shape index (κ1) is 17.9. The number of benzene rings is 2. The Balaban J connectivity index is 1.81. The molecule has 1 amide bonds. The van der Waals surface area contributed by atoms with Crippen LogP contribution in [-0.4, -0.2) is 23.1 Å². The zero-order valence-corrected chi connectivity index (χ0v) is 14.5. The van der Waals surface area contributed by atoms with Crippen LogP contribution in [0.3, 0.4) is 0 Å². The molecule has 1 saturated heterocycles. The molecule has 0 radical (unpaired) electrons. The molecule has 2 aromatic rings. The molecule has 1 aliphatic heterocycles. The predicted octanol–water partition coefficient (Wildman–Crippen LogP) is 5.16. The van der Waals surface area contributed by atoms with Gasteiger partial charge in [0, 0.05) is 17.9 Å². The van der Waals surface area contributed by atoms with Gasteiger partial charge < -0.3 is 4.90 Å². The third-order valence-corrected chi connectivity index (χ3v) is 5.54. The van der Waals surface area contributed by atoms with Crippen LogP contribution in [0.4, 0.5) is 13.2 Å². The fourth-order valence-corrected chi connectivity index (χ4v) is 4.10. The zero-order chi connectivity index (χ0) is 18.0. The van der Waals surface area contributed by atoms with Gasteiger partial charge in [-0.1, -0.05) is 31.2 Å². The summed E-state index contributed by atoms with van der Waals surface area (Å²) in [6, 6.07) is 12.6. The summed E-state index contributed by atoms with van der Waals surface area (Å²) in [6.45, 7) is 2.64. The van der Waals surface area contributed by atoms with Gasteiger partial charge in [0.2, 0.25) is 0 Å². The van der Waals surface area contributed by atoms with Crippen LogP contribution in [-0.2, 0) is 12.6 Å². The van der Waals surface area contributed by atoms with E-state index >= 15 is 0 Å². The molecule has 2 aromatic carbocycles. The van der Waals surface area contributed by atoms with E-state index in [-0.39, 0.29) is 11.3 Å². The van der Waals surface area contributed by atoms with E-state index in [0.29, 0.717) is 17.7 Å². The second-order valence-electron chi connectivity index (χ2n) is 5.89. The highest BCUT2D eigenvalue weighted by Crippen LogP contribution is 2.39. The fraction of sp³-hybridized carbons (Fsp3) is 0.316. The van der Waals surface area contributed by atoms with Crippen molar-refractivity contribution in [1.29, 1.82) is 0 Å². The first-order valence-corrected chi connectivity index (χ1v) is 9.13. The maximum atomic E-state index is 12.8. The summed E-state index contributed by atoms with van der Waals surface area (Å²) < 4.78 is 38.1. The topological polar surface area (TPSA) is 20.3 Å². The molecule has 0 bridgehead atoms. The summed E-state index contributed by atoms with van der Waals surface area (Å²) in [7, 11) is 0. The quantitative estimate of drug-likeness (QED) is 0.749. The van der Waals surface area contributed by atoms with Crippen LogP contribution in [0.25, 0.3) is 0 Å². The van der Waals surface area contributed by atoms with Gasteiger partial charge in [0.25, 0.3) is 5.91 Å². The second kappa shape index (κ2) is 7.12. The molecule has 1 heterocycles. The lowest BCUT2D eigenvalue weighted by atomic mass is 10.1. The number of carbonyl (C=O) groups is 1. The van der Waals surface area contributed by atoms with Gasteiger partial charge in [-0.3, -0.25) is 4.79 Å². The highest BCUT2D eigenvalue weighted by atomic mass is 32.2. The van der Waals surface area contributed by atoms with Crippen molar-refractivity contribution in [3.05, 3.63) is 70.8 Å². The number of thioether (sulfide) groups is 1. The van der Waals surface area contributed by atoms with E-state index in [4.69, 9.17) is 0 Å². The van der Waals surface area contributed by atoms with Crippen LogP contribution in [0.2, 0.25) is 0 Å². The van der Waals surface area contributed by atoms with E-state index in [2.05, 4.69) is 6.92 Å². The maximum absolute atomic E-state index is 12.8. The minimum atomic E-state index is -4.35. The standard InChI is InChI=1S/C19H18F3NOS/c1-2-13-3-5-14(6-4-13)17(24)23-11-12-25-18(23)15-7-9-16(10-8-15)19(20,21)22/h3-10,18H,2,11-12H2,1H3. The minimum Gasteiger partial charge on any atom is -0.322 e. The molecule has 25 heavy (non-hydrogen) atoms. The highest BCUT2D eigenvalue weighted by Gasteiger charge is 2.33. The molecule has 0 aliphatic carbocycles. The molecule has 132 valence electrons. The van der Waals surface area contributed by atoms with E-state index in [1.807, 2.05) is 24.3 Å². The van der Waals surface area contributed by atoms with Gasteiger partial charge >= 0.3 is 6.18 Å². The first-order valence-electron chi connectivity index (χ1n) is 8.09. The van der Waals surface area contributed by atoms with Crippen molar-refractivity contribution < 1.29 is 18.0 Å². The Hall–Kier alpha value is -1.95. The molecule has 1 atom stereocenters. The fourth-order valence-electron chi connectivity index (χ4n) is 2.84. The predicted molar refractivity (Wildman–Crippen MR) is 93.5 cm³/mol. The largest absolute Gasteiger partial charge is 0.416 e. The van der Waals surface area contributed by atoms with E-state index in [1.165, 1.54) is 12.1 Å². The van der Waals surface area contributed by atoms with E-state index < -0.39 is 11.7 Å². The molecule has 2 nitrogen and oxygen atoms in total.